The van der Waals surface area contributed by atoms with Crippen molar-refractivity contribution in [1.82, 2.24) is 4.90 Å². The van der Waals surface area contributed by atoms with E-state index in [0.29, 0.717) is 33.1 Å². The summed E-state index contributed by atoms with van der Waals surface area (Å²) in [6.45, 7) is 2.24. The predicted octanol–water partition coefficient (Wildman–Crippen LogP) is 4.67. The van der Waals surface area contributed by atoms with Gasteiger partial charge < -0.3 is 10.4 Å². The Bertz CT molecular complexity index is 1030. The van der Waals surface area contributed by atoms with Crippen LogP contribution in [0.1, 0.15) is 23.7 Å². The Morgan fingerprint density at radius 2 is 1.90 bits per heavy atom. The van der Waals surface area contributed by atoms with Gasteiger partial charge in [0.25, 0.3) is 0 Å². The fourth-order valence-electron chi connectivity index (χ4n) is 2.74. The standard InChI is InChI=1S/C20H17Cl2N3O4S/c1-2-25-17(26)10-16(18(27)23-12-5-3-11(4-6-12)19(28)29)30-20(25)24-13-7-8-14(21)15(22)9-13/h3-9,16H,2,10H2,1H3,(H,23,27)(H,28,29). The number of aliphatic imine (C=N–C) groups is 1. The molecule has 2 aromatic carbocycles. The van der Waals surface area contributed by atoms with E-state index in [1.54, 1.807) is 18.2 Å². The van der Waals surface area contributed by atoms with E-state index < -0.39 is 11.2 Å². The first-order valence-electron chi connectivity index (χ1n) is 8.93. The Morgan fingerprint density at radius 3 is 2.50 bits per heavy atom. The minimum Gasteiger partial charge on any atom is -0.478 e. The molecule has 2 aromatic rings. The van der Waals surface area contributed by atoms with Gasteiger partial charge in [-0.25, -0.2) is 9.79 Å². The van der Waals surface area contributed by atoms with Gasteiger partial charge >= 0.3 is 5.97 Å². The average molecular weight is 466 g/mol. The number of aromatic carboxylic acids is 1. The molecule has 1 aliphatic heterocycles. The molecule has 0 radical (unpaired) electrons. The number of anilines is 1. The van der Waals surface area contributed by atoms with Crippen molar-refractivity contribution in [3.05, 3.63) is 58.1 Å². The summed E-state index contributed by atoms with van der Waals surface area (Å²) >= 11 is 13.2. The van der Waals surface area contributed by atoms with Gasteiger partial charge in [-0.15, -0.1) is 0 Å². The minimum atomic E-state index is -1.05. The second-order valence-corrected chi connectivity index (χ2v) is 8.30. The van der Waals surface area contributed by atoms with Crippen LogP contribution in [0.4, 0.5) is 11.4 Å². The van der Waals surface area contributed by atoms with Gasteiger partial charge in [0.2, 0.25) is 11.8 Å². The summed E-state index contributed by atoms with van der Waals surface area (Å²) in [5.74, 6) is -1.63. The molecule has 0 bridgehead atoms. The van der Waals surface area contributed by atoms with Gasteiger partial charge in [-0.3, -0.25) is 14.5 Å². The molecular formula is C20H17Cl2N3O4S. The molecule has 1 fully saturated rings. The quantitative estimate of drug-likeness (QED) is 0.667. The van der Waals surface area contributed by atoms with Crippen LogP contribution >= 0.6 is 35.0 Å². The third kappa shape index (κ3) is 5.13. The van der Waals surface area contributed by atoms with Gasteiger partial charge in [0.1, 0.15) is 5.25 Å². The summed E-state index contributed by atoms with van der Waals surface area (Å²) in [6.07, 6.45) is 0.0257. The molecule has 30 heavy (non-hydrogen) atoms. The van der Waals surface area contributed by atoms with Crippen molar-refractivity contribution in [2.45, 2.75) is 18.6 Å². The van der Waals surface area contributed by atoms with E-state index in [1.807, 2.05) is 6.92 Å². The topological polar surface area (TPSA) is 99.1 Å². The molecule has 0 aromatic heterocycles. The lowest BCUT2D eigenvalue weighted by Crippen LogP contribution is -2.45. The van der Waals surface area contributed by atoms with Gasteiger partial charge in [-0.2, -0.15) is 0 Å². The molecule has 1 saturated heterocycles. The maximum absolute atomic E-state index is 12.7. The zero-order valence-corrected chi connectivity index (χ0v) is 18.1. The highest BCUT2D eigenvalue weighted by atomic mass is 35.5. The molecule has 156 valence electrons. The highest BCUT2D eigenvalue weighted by molar-refractivity contribution is 8.15. The van der Waals surface area contributed by atoms with Crippen LogP contribution in [0.3, 0.4) is 0 Å². The van der Waals surface area contributed by atoms with Crippen molar-refractivity contribution in [1.29, 1.82) is 0 Å². The Morgan fingerprint density at radius 1 is 1.20 bits per heavy atom. The van der Waals surface area contributed by atoms with Crippen molar-refractivity contribution in [3.8, 4) is 0 Å². The molecule has 7 nitrogen and oxygen atoms in total. The van der Waals surface area contributed by atoms with Gasteiger partial charge in [0.05, 0.1) is 21.3 Å². The number of hydrogen-bond donors (Lipinski definition) is 2. The summed E-state index contributed by atoms with van der Waals surface area (Å²) in [5, 5.41) is 12.1. The van der Waals surface area contributed by atoms with Gasteiger partial charge in [0, 0.05) is 18.7 Å². The maximum atomic E-state index is 12.7. The Labute approximate surface area is 187 Å². The van der Waals surface area contributed by atoms with Crippen LogP contribution in [0, 0.1) is 0 Å². The van der Waals surface area contributed by atoms with Crippen LogP contribution in [0.15, 0.2) is 47.5 Å². The lowest BCUT2D eigenvalue weighted by Gasteiger charge is -2.30. The molecule has 10 heteroatoms. The first-order valence-corrected chi connectivity index (χ1v) is 10.6. The number of amides is 2. The van der Waals surface area contributed by atoms with Crippen LogP contribution in [0.2, 0.25) is 10.0 Å². The van der Waals surface area contributed by atoms with E-state index in [4.69, 9.17) is 28.3 Å². The lowest BCUT2D eigenvalue weighted by molar-refractivity contribution is -0.129. The molecule has 1 heterocycles. The average Bonchev–Trinajstić information content (AvgIpc) is 2.71. The molecule has 3 rings (SSSR count). The smallest absolute Gasteiger partial charge is 0.335 e. The van der Waals surface area contributed by atoms with E-state index in [0.717, 1.165) is 0 Å². The van der Waals surface area contributed by atoms with E-state index in [2.05, 4.69) is 10.3 Å². The molecular weight excluding hydrogens is 449 g/mol. The van der Waals surface area contributed by atoms with Crippen molar-refractivity contribution >= 4 is 69.3 Å². The zero-order valence-electron chi connectivity index (χ0n) is 15.8. The Kier molecular flexibility index (Phi) is 7.02. The number of nitrogens with zero attached hydrogens (tertiary/aromatic N) is 2. The number of rotatable bonds is 5. The fourth-order valence-corrected chi connectivity index (χ4v) is 4.19. The van der Waals surface area contributed by atoms with Gasteiger partial charge in [-0.1, -0.05) is 35.0 Å². The van der Waals surface area contributed by atoms with Crippen molar-refractivity contribution in [2.75, 3.05) is 11.9 Å². The number of hydrogen-bond acceptors (Lipinski definition) is 5. The Balaban J connectivity index is 1.79. The predicted molar refractivity (Wildman–Crippen MR) is 119 cm³/mol. The number of carbonyl (C=O) groups is 3. The largest absolute Gasteiger partial charge is 0.478 e. The third-order valence-corrected chi connectivity index (χ3v) is 6.20. The minimum absolute atomic E-state index is 0.0257. The highest BCUT2D eigenvalue weighted by Crippen LogP contribution is 2.32. The fraction of sp³-hybridized carbons (Fsp3) is 0.200. The SMILES string of the molecule is CCN1C(=O)CC(C(=O)Nc2ccc(C(=O)O)cc2)SC1=Nc1ccc(Cl)c(Cl)c1. The van der Waals surface area contributed by atoms with E-state index in [1.165, 1.54) is 40.9 Å². The second kappa shape index (κ2) is 9.51. The molecule has 2 amide bonds. The van der Waals surface area contributed by atoms with Crippen LogP contribution < -0.4 is 5.32 Å². The lowest BCUT2D eigenvalue weighted by atomic mass is 10.2. The van der Waals surface area contributed by atoms with E-state index in [9.17, 15) is 14.4 Å². The number of carbonyl (C=O) groups excluding carboxylic acids is 2. The molecule has 2 N–H and O–H groups in total. The molecule has 1 atom stereocenters. The molecule has 0 saturated carbocycles. The van der Waals surface area contributed by atoms with Crippen LogP contribution in [-0.4, -0.2) is 44.8 Å². The van der Waals surface area contributed by atoms with Crippen LogP contribution in [-0.2, 0) is 9.59 Å². The van der Waals surface area contributed by atoms with Gasteiger partial charge in [0.15, 0.2) is 5.17 Å². The van der Waals surface area contributed by atoms with Crippen molar-refractivity contribution in [2.24, 2.45) is 4.99 Å². The number of carboxylic acid groups (broad SMARTS) is 1. The molecule has 1 aliphatic rings. The molecule has 1 unspecified atom stereocenters. The summed E-state index contributed by atoms with van der Waals surface area (Å²) in [5.41, 5.74) is 1.08. The number of benzene rings is 2. The zero-order chi connectivity index (χ0) is 21.8. The van der Waals surface area contributed by atoms with Crippen LogP contribution in [0.5, 0.6) is 0 Å². The summed E-state index contributed by atoms with van der Waals surface area (Å²) in [4.78, 5) is 42.2. The van der Waals surface area contributed by atoms with E-state index in [-0.39, 0.29) is 23.8 Å². The Hall–Kier alpha value is -2.55. The maximum Gasteiger partial charge on any atom is 0.335 e. The molecule has 0 spiro atoms. The van der Waals surface area contributed by atoms with Gasteiger partial charge in [-0.05, 0) is 49.4 Å². The van der Waals surface area contributed by atoms with Crippen molar-refractivity contribution in [3.63, 3.8) is 0 Å². The summed E-state index contributed by atoms with van der Waals surface area (Å²) in [7, 11) is 0. The number of thioether (sulfide) groups is 1. The van der Waals surface area contributed by atoms with Crippen molar-refractivity contribution < 1.29 is 19.5 Å². The number of amidine groups is 1. The first-order chi connectivity index (χ1) is 14.3. The summed E-state index contributed by atoms with van der Waals surface area (Å²) < 4.78 is 0. The second-order valence-electron chi connectivity index (χ2n) is 6.31. The van der Waals surface area contributed by atoms with E-state index >= 15 is 0 Å². The number of carboxylic acids is 1. The molecule has 0 aliphatic carbocycles. The summed E-state index contributed by atoms with van der Waals surface area (Å²) in [6, 6.07) is 10.7. The number of halogens is 2. The highest BCUT2D eigenvalue weighted by Gasteiger charge is 2.35. The normalized spacial score (nSPS) is 17.8. The first kappa shape index (κ1) is 22.1. The third-order valence-electron chi connectivity index (χ3n) is 4.28. The van der Waals surface area contributed by atoms with Crippen LogP contribution in [0.25, 0.3) is 0 Å². The monoisotopic (exact) mass is 465 g/mol. The number of nitrogens with one attached hydrogen (secondary N) is 1.